The molecule has 0 aliphatic heterocycles. The predicted molar refractivity (Wildman–Crippen MR) is 125 cm³/mol. The van der Waals surface area contributed by atoms with E-state index >= 15 is 0 Å². The summed E-state index contributed by atoms with van der Waals surface area (Å²) in [6, 6.07) is 22.1. The highest BCUT2D eigenvalue weighted by atomic mass is 32.1. The van der Waals surface area contributed by atoms with Gasteiger partial charge in [-0.15, -0.1) is 0 Å². The van der Waals surface area contributed by atoms with E-state index in [4.69, 9.17) is 26.4 Å². The highest BCUT2D eigenvalue weighted by molar-refractivity contribution is 7.80. The van der Waals surface area contributed by atoms with Crippen LogP contribution in [0.2, 0.25) is 0 Å². The van der Waals surface area contributed by atoms with E-state index in [0.717, 1.165) is 29.8 Å². The summed E-state index contributed by atoms with van der Waals surface area (Å²) in [5, 5.41) is 3.31. The molecule has 156 valence electrons. The van der Waals surface area contributed by atoms with Crippen LogP contribution in [0, 0.1) is 6.92 Å². The normalized spacial score (nSPS) is 10.4. The van der Waals surface area contributed by atoms with Crippen LogP contribution < -0.4 is 19.5 Å². The molecule has 3 aromatic carbocycles. The van der Waals surface area contributed by atoms with Crippen molar-refractivity contribution in [2.75, 3.05) is 20.8 Å². The highest BCUT2D eigenvalue weighted by Gasteiger charge is 2.09. The molecule has 0 aromatic heterocycles. The van der Waals surface area contributed by atoms with Crippen molar-refractivity contribution < 1.29 is 14.2 Å². The average molecular weight is 422 g/mol. The summed E-state index contributed by atoms with van der Waals surface area (Å²) >= 11 is 5.55. The molecule has 0 atom stereocenters. The highest BCUT2D eigenvalue weighted by Crippen LogP contribution is 2.29. The molecule has 0 amide bonds. The molecule has 0 unspecified atom stereocenters. The number of hydrogen-bond donors (Lipinski definition) is 1. The molecule has 4 nitrogen and oxygen atoms in total. The Morgan fingerprint density at radius 1 is 0.833 bits per heavy atom. The van der Waals surface area contributed by atoms with Crippen molar-refractivity contribution in [3.63, 3.8) is 0 Å². The van der Waals surface area contributed by atoms with Crippen LogP contribution in [0.4, 0.5) is 0 Å². The van der Waals surface area contributed by atoms with Crippen LogP contribution in [0.15, 0.2) is 66.7 Å². The predicted octanol–water partition coefficient (Wildman–Crippen LogP) is 5.10. The van der Waals surface area contributed by atoms with Crippen LogP contribution in [-0.4, -0.2) is 25.8 Å². The number of hydrogen-bond acceptors (Lipinski definition) is 4. The third-order valence-electron chi connectivity index (χ3n) is 4.80. The summed E-state index contributed by atoms with van der Waals surface area (Å²) in [5.74, 6) is 2.22. The van der Waals surface area contributed by atoms with E-state index in [9.17, 15) is 0 Å². The van der Waals surface area contributed by atoms with Crippen LogP contribution in [0.1, 0.15) is 22.3 Å². The Morgan fingerprint density at radius 3 is 2.20 bits per heavy atom. The minimum Gasteiger partial charge on any atom is -0.497 e. The summed E-state index contributed by atoms with van der Waals surface area (Å²) in [6.45, 7) is 3.31. The average Bonchev–Trinajstić information content (AvgIpc) is 2.79. The Morgan fingerprint density at radius 2 is 1.53 bits per heavy atom. The van der Waals surface area contributed by atoms with Gasteiger partial charge in [0.05, 0.1) is 14.2 Å². The third-order valence-corrected chi connectivity index (χ3v) is 5.18. The van der Waals surface area contributed by atoms with Crippen LogP contribution in [-0.2, 0) is 13.0 Å². The molecule has 0 spiro atoms. The first-order chi connectivity index (χ1) is 14.6. The summed E-state index contributed by atoms with van der Waals surface area (Å²) in [7, 11) is 3.31. The zero-order valence-electron chi connectivity index (χ0n) is 17.6. The molecule has 3 aromatic rings. The molecule has 3 rings (SSSR count). The molecule has 0 saturated heterocycles. The molecule has 0 fully saturated rings. The quantitative estimate of drug-likeness (QED) is 0.487. The third kappa shape index (κ3) is 5.97. The Labute approximate surface area is 183 Å². The second kappa shape index (κ2) is 10.6. The fraction of sp³-hybridized carbons (Fsp3) is 0.240. The van der Waals surface area contributed by atoms with Gasteiger partial charge in [-0.1, -0.05) is 54.2 Å². The summed E-state index contributed by atoms with van der Waals surface area (Å²) < 4.78 is 16.7. The van der Waals surface area contributed by atoms with Crippen molar-refractivity contribution in [3.05, 3.63) is 89.0 Å². The molecule has 5 heteroatoms. The van der Waals surface area contributed by atoms with Crippen LogP contribution in [0.25, 0.3) is 0 Å². The smallest absolute Gasteiger partial charge is 0.161 e. The number of ether oxygens (including phenoxy) is 3. The maximum Gasteiger partial charge on any atom is 0.161 e. The molecule has 0 radical (unpaired) electrons. The lowest BCUT2D eigenvalue weighted by atomic mass is 10.1. The first-order valence-corrected chi connectivity index (χ1v) is 10.3. The van der Waals surface area contributed by atoms with Crippen LogP contribution in [0.3, 0.4) is 0 Å². The van der Waals surface area contributed by atoms with Crippen molar-refractivity contribution in [1.29, 1.82) is 0 Å². The van der Waals surface area contributed by atoms with Crippen molar-refractivity contribution >= 4 is 17.2 Å². The molecular weight excluding hydrogens is 394 g/mol. The van der Waals surface area contributed by atoms with Gasteiger partial charge in [0, 0.05) is 12.1 Å². The van der Waals surface area contributed by atoms with Gasteiger partial charge >= 0.3 is 0 Å². The molecule has 0 aliphatic carbocycles. The largest absolute Gasteiger partial charge is 0.497 e. The summed E-state index contributed by atoms with van der Waals surface area (Å²) in [5.41, 5.74) is 4.47. The first kappa shape index (κ1) is 21.7. The maximum atomic E-state index is 5.95. The Balaban J connectivity index is 1.55. The Bertz CT molecular complexity index is 969. The van der Waals surface area contributed by atoms with Crippen molar-refractivity contribution in [2.45, 2.75) is 20.0 Å². The van der Waals surface area contributed by atoms with E-state index in [1.165, 1.54) is 11.1 Å². The second-order valence-corrected chi connectivity index (χ2v) is 7.40. The number of aryl methyl sites for hydroxylation is 1. The fourth-order valence-corrected chi connectivity index (χ4v) is 3.22. The number of rotatable bonds is 9. The van der Waals surface area contributed by atoms with E-state index in [2.05, 4.69) is 48.6 Å². The van der Waals surface area contributed by atoms with Gasteiger partial charge < -0.3 is 19.5 Å². The van der Waals surface area contributed by atoms with Crippen molar-refractivity contribution in [2.24, 2.45) is 0 Å². The van der Waals surface area contributed by atoms with Gasteiger partial charge in [-0.25, -0.2) is 0 Å². The van der Waals surface area contributed by atoms with E-state index in [-0.39, 0.29) is 0 Å². The van der Waals surface area contributed by atoms with Gasteiger partial charge in [-0.3, -0.25) is 0 Å². The minimum atomic E-state index is 0.487. The zero-order valence-corrected chi connectivity index (χ0v) is 18.4. The van der Waals surface area contributed by atoms with Gasteiger partial charge in [0.25, 0.3) is 0 Å². The standard InChI is InChI=1S/C25H27NO3S/c1-18-4-6-20(7-5-18)17-29-23-13-10-21(16-24(23)28-3)25(30)26-15-14-19-8-11-22(27-2)12-9-19/h4-13,16H,14-15,17H2,1-3H3,(H,26,30). The van der Waals surface area contributed by atoms with Crippen LogP contribution >= 0.6 is 12.2 Å². The second-order valence-electron chi connectivity index (χ2n) is 6.99. The van der Waals surface area contributed by atoms with E-state index in [1.54, 1.807) is 14.2 Å². The summed E-state index contributed by atoms with van der Waals surface area (Å²) in [6.07, 6.45) is 0.874. The zero-order chi connectivity index (χ0) is 21.3. The molecule has 30 heavy (non-hydrogen) atoms. The lowest BCUT2D eigenvalue weighted by Crippen LogP contribution is -2.24. The van der Waals surface area contributed by atoms with Crippen molar-refractivity contribution in [3.8, 4) is 17.2 Å². The van der Waals surface area contributed by atoms with E-state index < -0.39 is 0 Å². The SMILES string of the molecule is COc1ccc(CCNC(=S)c2ccc(OCc3ccc(C)cc3)c(OC)c2)cc1. The molecule has 0 bridgehead atoms. The van der Waals surface area contributed by atoms with Gasteiger partial charge in [-0.2, -0.15) is 0 Å². The number of nitrogens with one attached hydrogen (secondary N) is 1. The summed E-state index contributed by atoms with van der Waals surface area (Å²) in [4.78, 5) is 0.687. The number of thiocarbonyl (C=S) groups is 1. The van der Waals surface area contributed by atoms with Crippen molar-refractivity contribution in [1.82, 2.24) is 5.32 Å². The minimum absolute atomic E-state index is 0.487. The fourth-order valence-electron chi connectivity index (χ4n) is 2.99. The van der Waals surface area contributed by atoms with Gasteiger partial charge in [0.2, 0.25) is 0 Å². The first-order valence-electron chi connectivity index (χ1n) is 9.86. The number of benzene rings is 3. The monoisotopic (exact) mass is 421 g/mol. The lowest BCUT2D eigenvalue weighted by Gasteiger charge is -2.14. The van der Waals surface area contributed by atoms with Crippen LogP contribution in [0.5, 0.6) is 17.2 Å². The van der Waals surface area contributed by atoms with E-state index in [1.807, 2.05) is 30.3 Å². The topological polar surface area (TPSA) is 39.7 Å². The molecule has 0 aliphatic rings. The molecular formula is C25H27NO3S. The van der Waals surface area contributed by atoms with Gasteiger partial charge in [-0.05, 0) is 54.8 Å². The van der Waals surface area contributed by atoms with Gasteiger partial charge in [0.1, 0.15) is 17.3 Å². The molecule has 1 N–H and O–H groups in total. The Hall–Kier alpha value is -3.05. The number of methoxy groups -OCH3 is 2. The van der Waals surface area contributed by atoms with E-state index in [0.29, 0.717) is 23.1 Å². The Kier molecular flexibility index (Phi) is 7.69. The maximum absolute atomic E-state index is 5.95. The molecule has 0 heterocycles. The van der Waals surface area contributed by atoms with Gasteiger partial charge in [0.15, 0.2) is 11.5 Å². The lowest BCUT2D eigenvalue weighted by molar-refractivity contribution is 0.284. The molecule has 0 saturated carbocycles.